The van der Waals surface area contributed by atoms with E-state index in [1.807, 2.05) is 0 Å². The van der Waals surface area contributed by atoms with Gasteiger partial charge in [-0.2, -0.15) is 0 Å². The number of halogens is 5. The van der Waals surface area contributed by atoms with Gasteiger partial charge in [-0.05, 0) is 22.6 Å². The lowest BCUT2D eigenvalue weighted by atomic mass is 10.4. The van der Waals surface area contributed by atoms with Gasteiger partial charge in [-0.15, -0.1) is 13.2 Å². The van der Waals surface area contributed by atoms with Gasteiger partial charge in [-0.3, -0.25) is 0 Å². The van der Waals surface area contributed by atoms with E-state index in [4.69, 9.17) is 10.7 Å². The molecular formula is C7H4ClF3INO4S. The first-order valence-corrected chi connectivity index (χ1v) is 7.38. The van der Waals surface area contributed by atoms with Crippen molar-refractivity contribution >= 4 is 42.3 Å². The molecule has 0 saturated heterocycles. The first kappa shape index (κ1) is 15.6. The Hall–Kier alpha value is -0.490. The minimum Gasteiger partial charge on any atom is -0.495 e. The van der Waals surface area contributed by atoms with Gasteiger partial charge in [0.2, 0.25) is 5.88 Å². The number of rotatable bonds is 3. The second-order valence-electron chi connectivity index (χ2n) is 2.77. The summed E-state index contributed by atoms with van der Waals surface area (Å²) in [5, 5.41) is 0. The summed E-state index contributed by atoms with van der Waals surface area (Å²) < 4.78 is 66.3. The monoisotopic (exact) mass is 417 g/mol. The fourth-order valence-corrected chi connectivity index (χ4v) is 3.84. The zero-order valence-electron chi connectivity index (χ0n) is 8.46. The van der Waals surface area contributed by atoms with Gasteiger partial charge in [0, 0.05) is 16.7 Å². The highest BCUT2D eigenvalue weighted by Gasteiger charge is 2.33. The van der Waals surface area contributed by atoms with Crippen molar-refractivity contribution in [3.05, 3.63) is 9.77 Å². The standard InChI is InChI=1S/C7H4ClF3INO4S/c1-16-3-2-4(17-7(9,10)11)13-6(12)5(3)18(8,14)15/h2H,1H3. The van der Waals surface area contributed by atoms with Gasteiger partial charge >= 0.3 is 6.36 Å². The third-order valence-corrected chi connectivity index (χ3v) is 4.05. The zero-order valence-corrected chi connectivity index (χ0v) is 12.2. The van der Waals surface area contributed by atoms with Gasteiger partial charge in [0.1, 0.15) is 9.45 Å². The van der Waals surface area contributed by atoms with Crippen LogP contribution in [0.5, 0.6) is 11.6 Å². The van der Waals surface area contributed by atoms with Crippen molar-refractivity contribution in [1.29, 1.82) is 0 Å². The van der Waals surface area contributed by atoms with Crippen molar-refractivity contribution in [3.8, 4) is 11.6 Å². The Morgan fingerprint density at radius 3 is 2.39 bits per heavy atom. The maximum Gasteiger partial charge on any atom is 0.574 e. The van der Waals surface area contributed by atoms with Crippen molar-refractivity contribution in [2.45, 2.75) is 11.3 Å². The van der Waals surface area contributed by atoms with Crippen LogP contribution in [0.25, 0.3) is 0 Å². The molecule has 18 heavy (non-hydrogen) atoms. The average Bonchev–Trinajstić information content (AvgIpc) is 2.11. The van der Waals surface area contributed by atoms with E-state index < -0.39 is 26.2 Å². The van der Waals surface area contributed by atoms with Crippen LogP contribution in [0.4, 0.5) is 13.2 Å². The summed E-state index contributed by atoms with van der Waals surface area (Å²) in [7, 11) is 2.00. The van der Waals surface area contributed by atoms with Crippen LogP contribution < -0.4 is 9.47 Å². The third kappa shape index (κ3) is 4.02. The number of nitrogens with zero attached hydrogens (tertiary/aromatic N) is 1. The molecular weight excluding hydrogens is 413 g/mol. The zero-order chi connectivity index (χ0) is 14.1. The molecule has 1 aromatic heterocycles. The lowest BCUT2D eigenvalue weighted by Gasteiger charge is -2.12. The average molecular weight is 418 g/mol. The third-order valence-electron chi connectivity index (χ3n) is 1.56. The highest BCUT2D eigenvalue weighted by Crippen LogP contribution is 2.34. The Morgan fingerprint density at radius 2 is 2.00 bits per heavy atom. The second kappa shape index (κ2) is 5.25. The summed E-state index contributed by atoms with van der Waals surface area (Å²) >= 11 is 1.41. The smallest absolute Gasteiger partial charge is 0.495 e. The Kier molecular flexibility index (Phi) is 4.54. The topological polar surface area (TPSA) is 65.5 Å². The Balaban J connectivity index is 3.37. The Morgan fingerprint density at radius 1 is 1.44 bits per heavy atom. The first-order chi connectivity index (χ1) is 8.04. The molecule has 0 bridgehead atoms. The van der Waals surface area contributed by atoms with Crippen molar-refractivity contribution in [2.24, 2.45) is 0 Å². The fourth-order valence-electron chi connectivity index (χ4n) is 1.00. The quantitative estimate of drug-likeness (QED) is 0.430. The van der Waals surface area contributed by atoms with Crippen molar-refractivity contribution in [2.75, 3.05) is 7.11 Å². The number of aromatic nitrogens is 1. The van der Waals surface area contributed by atoms with Crippen molar-refractivity contribution < 1.29 is 31.1 Å². The first-order valence-electron chi connectivity index (χ1n) is 3.99. The molecule has 0 unspecified atom stereocenters. The molecule has 0 saturated carbocycles. The number of methoxy groups -OCH3 is 1. The second-order valence-corrected chi connectivity index (χ2v) is 6.29. The van der Waals surface area contributed by atoms with Crippen LogP contribution in [-0.4, -0.2) is 26.9 Å². The molecule has 5 nitrogen and oxygen atoms in total. The van der Waals surface area contributed by atoms with Gasteiger partial charge in [0.15, 0.2) is 4.90 Å². The van der Waals surface area contributed by atoms with E-state index in [0.717, 1.165) is 7.11 Å². The summed E-state index contributed by atoms with van der Waals surface area (Å²) in [6.07, 6.45) is -4.94. The predicted octanol–water partition coefficient (Wildman–Crippen LogP) is 2.52. The molecule has 0 atom stereocenters. The van der Waals surface area contributed by atoms with Crippen LogP contribution in [0.2, 0.25) is 0 Å². The number of hydrogen-bond donors (Lipinski definition) is 0. The summed E-state index contributed by atoms with van der Waals surface area (Å²) in [5.41, 5.74) is 0. The summed E-state index contributed by atoms with van der Waals surface area (Å²) in [4.78, 5) is 2.82. The van der Waals surface area contributed by atoms with Crippen molar-refractivity contribution in [1.82, 2.24) is 4.98 Å². The molecule has 0 aliphatic heterocycles. The lowest BCUT2D eigenvalue weighted by Crippen LogP contribution is -2.18. The molecule has 0 fully saturated rings. The van der Waals surface area contributed by atoms with E-state index in [-0.39, 0.29) is 9.45 Å². The van der Waals surface area contributed by atoms with Crippen LogP contribution in [0.15, 0.2) is 11.0 Å². The van der Waals surface area contributed by atoms with Crippen LogP contribution in [0.1, 0.15) is 0 Å². The molecule has 1 aromatic rings. The number of hydrogen-bond acceptors (Lipinski definition) is 5. The summed E-state index contributed by atoms with van der Waals surface area (Å²) in [5.74, 6) is -1.23. The highest BCUT2D eigenvalue weighted by molar-refractivity contribution is 14.1. The number of pyridine rings is 1. The number of alkyl halides is 3. The summed E-state index contributed by atoms with van der Waals surface area (Å²) in [6.45, 7) is 0. The van der Waals surface area contributed by atoms with Gasteiger partial charge in [0.05, 0.1) is 7.11 Å². The highest BCUT2D eigenvalue weighted by atomic mass is 127. The molecule has 0 spiro atoms. The molecule has 0 amide bonds. The van der Waals surface area contributed by atoms with E-state index in [1.165, 1.54) is 22.6 Å². The van der Waals surface area contributed by atoms with Gasteiger partial charge in [-0.1, -0.05) is 0 Å². The lowest BCUT2D eigenvalue weighted by molar-refractivity contribution is -0.276. The van der Waals surface area contributed by atoms with E-state index in [9.17, 15) is 21.6 Å². The molecule has 1 heterocycles. The molecule has 0 aliphatic rings. The van der Waals surface area contributed by atoms with Gasteiger partial charge in [0.25, 0.3) is 9.05 Å². The molecule has 1 rings (SSSR count). The van der Waals surface area contributed by atoms with Crippen LogP contribution in [0.3, 0.4) is 0 Å². The van der Waals surface area contributed by atoms with E-state index in [1.54, 1.807) is 0 Å². The van der Waals surface area contributed by atoms with Crippen LogP contribution in [-0.2, 0) is 9.05 Å². The van der Waals surface area contributed by atoms with E-state index in [2.05, 4.69) is 14.5 Å². The van der Waals surface area contributed by atoms with E-state index >= 15 is 0 Å². The Labute approximate surface area is 118 Å². The maximum atomic E-state index is 12.0. The normalized spacial score (nSPS) is 12.3. The maximum absolute atomic E-state index is 12.0. The van der Waals surface area contributed by atoms with Crippen LogP contribution >= 0.6 is 33.3 Å². The molecule has 102 valence electrons. The predicted molar refractivity (Wildman–Crippen MR) is 63.2 cm³/mol. The van der Waals surface area contributed by atoms with Crippen LogP contribution in [0, 0.1) is 3.70 Å². The van der Waals surface area contributed by atoms with Gasteiger partial charge in [-0.25, -0.2) is 13.4 Å². The summed E-state index contributed by atoms with van der Waals surface area (Å²) in [6, 6.07) is 0.685. The number of ether oxygens (including phenoxy) is 2. The molecule has 0 aromatic carbocycles. The van der Waals surface area contributed by atoms with Gasteiger partial charge < -0.3 is 9.47 Å². The molecule has 11 heteroatoms. The van der Waals surface area contributed by atoms with Crippen molar-refractivity contribution in [3.63, 3.8) is 0 Å². The molecule has 0 radical (unpaired) electrons. The SMILES string of the molecule is COc1cc(OC(F)(F)F)nc(I)c1S(=O)(=O)Cl. The fraction of sp³-hybridized carbons (Fsp3) is 0.286. The van der Waals surface area contributed by atoms with E-state index in [0.29, 0.717) is 6.07 Å². The molecule has 0 N–H and O–H groups in total. The Bertz CT molecular complexity index is 563. The minimum absolute atomic E-state index is 0.291. The minimum atomic E-state index is -4.94. The molecule has 0 aliphatic carbocycles. The largest absolute Gasteiger partial charge is 0.574 e.